The molecule has 0 N–H and O–H groups in total. The quantitative estimate of drug-likeness (QED) is 0.800. The molecule has 2 atom stereocenters. The summed E-state index contributed by atoms with van der Waals surface area (Å²) in [6.45, 7) is 4.00. The van der Waals surface area contributed by atoms with E-state index in [0.29, 0.717) is 17.2 Å². The van der Waals surface area contributed by atoms with Gasteiger partial charge >= 0.3 is 0 Å². The predicted octanol–water partition coefficient (Wildman–Crippen LogP) is 3.55. The summed E-state index contributed by atoms with van der Waals surface area (Å²) in [6, 6.07) is 7.55. The molecule has 0 spiro atoms. The minimum Gasteiger partial charge on any atom is -0.296 e. The zero-order valence-corrected chi connectivity index (χ0v) is 12.7. The summed E-state index contributed by atoms with van der Waals surface area (Å²) in [6.07, 6.45) is 7.62. The van der Waals surface area contributed by atoms with Gasteiger partial charge in [-0.1, -0.05) is 44.2 Å². The molecule has 0 saturated heterocycles. The third-order valence-electron chi connectivity index (χ3n) is 4.11. The van der Waals surface area contributed by atoms with Crippen LogP contribution in [-0.4, -0.2) is 9.55 Å². The van der Waals surface area contributed by atoms with Gasteiger partial charge in [0.15, 0.2) is 0 Å². The fraction of sp³-hybridized carbons (Fsp3) is 0.333. The van der Waals surface area contributed by atoms with E-state index in [9.17, 15) is 4.79 Å². The van der Waals surface area contributed by atoms with E-state index in [1.54, 1.807) is 4.57 Å². The van der Waals surface area contributed by atoms with Gasteiger partial charge in [-0.2, -0.15) is 0 Å². The Hall–Kier alpha value is -2.16. The Morgan fingerprint density at radius 2 is 2.00 bits per heavy atom. The summed E-state index contributed by atoms with van der Waals surface area (Å²) < 4.78 is 1.68. The summed E-state index contributed by atoms with van der Waals surface area (Å²) in [7, 11) is 1.81. The van der Waals surface area contributed by atoms with Crippen molar-refractivity contribution in [2.24, 2.45) is 18.9 Å². The lowest BCUT2D eigenvalue weighted by atomic mass is 10.0. The van der Waals surface area contributed by atoms with E-state index < -0.39 is 0 Å². The molecule has 1 aromatic heterocycles. The fourth-order valence-electron chi connectivity index (χ4n) is 2.93. The first kappa shape index (κ1) is 13.8. The van der Waals surface area contributed by atoms with Gasteiger partial charge in [-0.3, -0.25) is 9.36 Å². The summed E-state index contributed by atoms with van der Waals surface area (Å²) in [5.74, 6) is 2.04. The molecule has 0 radical (unpaired) electrons. The van der Waals surface area contributed by atoms with E-state index in [1.165, 1.54) is 12.0 Å². The third kappa shape index (κ3) is 2.23. The molecular weight excluding hydrogens is 260 g/mol. The molecule has 1 heterocycles. The second-order valence-electron chi connectivity index (χ2n) is 5.33. The molecule has 2 unspecified atom stereocenters. The highest BCUT2D eigenvalue weighted by molar-refractivity contribution is 5.80. The smallest absolute Gasteiger partial charge is 0.261 e. The number of hydrogen-bond donors (Lipinski definition) is 0. The zero-order valence-electron chi connectivity index (χ0n) is 12.7. The van der Waals surface area contributed by atoms with Crippen molar-refractivity contribution in [3.63, 3.8) is 0 Å². The standard InChI is InChI=1S/C16H14N2O.C2H6/c1-18-15(11-7-4-5-10-9-13(10)11)17-14-8-3-2-6-12(14)16(18)19;1-2/h2-8,10,13H,9H2,1H3;1-2H3. The van der Waals surface area contributed by atoms with E-state index in [-0.39, 0.29) is 5.56 Å². The van der Waals surface area contributed by atoms with Crippen molar-refractivity contribution in [2.45, 2.75) is 20.3 Å². The number of nitrogens with zero attached hydrogens (tertiary/aromatic N) is 2. The van der Waals surface area contributed by atoms with Crippen molar-refractivity contribution in [1.29, 1.82) is 0 Å². The number of rotatable bonds is 1. The van der Waals surface area contributed by atoms with Crippen molar-refractivity contribution in [3.8, 4) is 0 Å². The van der Waals surface area contributed by atoms with Crippen LogP contribution in [0.25, 0.3) is 16.5 Å². The zero-order chi connectivity index (χ0) is 15.0. The highest BCUT2D eigenvalue weighted by Gasteiger charge is 2.40. The molecule has 1 fully saturated rings. The van der Waals surface area contributed by atoms with Crippen LogP contribution >= 0.6 is 0 Å². The van der Waals surface area contributed by atoms with Gasteiger partial charge in [0, 0.05) is 7.05 Å². The van der Waals surface area contributed by atoms with Crippen LogP contribution in [0.5, 0.6) is 0 Å². The van der Waals surface area contributed by atoms with Crippen LogP contribution in [-0.2, 0) is 7.05 Å². The second kappa shape index (κ2) is 5.32. The summed E-state index contributed by atoms with van der Waals surface area (Å²) in [5, 5.41) is 0.688. The lowest BCUT2D eigenvalue weighted by Gasteiger charge is -2.13. The maximum Gasteiger partial charge on any atom is 0.261 e. The molecular formula is C18H20N2O. The van der Waals surface area contributed by atoms with E-state index in [0.717, 1.165) is 11.3 Å². The van der Waals surface area contributed by atoms with Crippen molar-refractivity contribution in [1.82, 2.24) is 9.55 Å². The van der Waals surface area contributed by atoms with Crippen LogP contribution in [0.1, 0.15) is 26.1 Å². The van der Waals surface area contributed by atoms with Crippen LogP contribution in [0.2, 0.25) is 0 Å². The average molecular weight is 280 g/mol. The number of hydrogen-bond acceptors (Lipinski definition) is 2. The van der Waals surface area contributed by atoms with E-state index >= 15 is 0 Å². The summed E-state index contributed by atoms with van der Waals surface area (Å²) >= 11 is 0. The molecule has 2 aliphatic rings. The number of aromatic nitrogens is 2. The molecule has 2 aromatic rings. The highest BCUT2D eigenvalue weighted by atomic mass is 16.1. The van der Waals surface area contributed by atoms with Crippen molar-refractivity contribution in [2.75, 3.05) is 0 Å². The van der Waals surface area contributed by atoms with Gasteiger partial charge in [-0.15, -0.1) is 0 Å². The minimum absolute atomic E-state index is 0.0354. The molecule has 0 bridgehead atoms. The number of para-hydroxylation sites is 1. The number of benzene rings is 1. The van der Waals surface area contributed by atoms with Gasteiger partial charge in [0.1, 0.15) is 5.82 Å². The van der Waals surface area contributed by atoms with Crippen LogP contribution in [0, 0.1) is 11.8 Å². The van der Waals surface area contributed by atoms with E-state index in [4.69, 9.17) is 4.98 Å². The van der Waals surface area contributed by atoms with Crippen LogP contribution in [0.3, 0.4) is 0 Å². The van der Waals surface area contributed by atoms with E-state index in [2.05, 4.69) is 18.2 Å². The minimum atomic E-state index is 0.0354. The predicted molar refractivity (Wildman–Crippen MR) is 87.0 cm³/mol. The number of fused-ring (bicyclic) bond motifs is 2. The second-order valence-corrected chi connectivity index (χ2v) is 5.33. The molecule has 1 aromatic carbocycles. The first-order valence-corrected chi connectivity index (χ1v) is 7.60. The number of allylic oxidation sites excluding steroid dienone is 4. The largest absolute Gasteiger partial charge is 0.296 e. The lowest BCUT2D eigenvalue weighted by molar-refractivity contribution is 0.803. The van der Waals surface area contributed by atoms with Crippen LogP contribution < -0.4 is 5.56 Å². The SMILES string of the molecule is CC.Cn1c(C2=CC=CC3CC23)nc2ccccc2c1=O. The molecule has 0 aliphatic heterocycles. The Balaban J connectivity index is 0.000000636. The molecule has 108 valence electrons. The van der Waals surface area contributed by atoms with E-state index in [1.807, 2.05) is 45.2 Å². The summed E-state index contributed by atoms with van der Waals surface area (Å²) in [4.78, 5) is 17.1. The van der Waals surface area contributed by atoms with Gasteiger partial charge < -0.3 is 0 Å². The fourth-order valence-corrected chi connectivity index (χ4v) is 2.93. The van der Waals surface area contributed by atoms with Crippen LogP contribution in [0.4, 0.5) is 0 Å². The Labute approximate surface area is 124 Å². The third-order valence-corrected chi connectivity index (χ3v) is 4.11. The molecule has 0 amide bonds. The molecule has 2 aliphatic carbocycles. The van der Waals surface area contributed by atoms with Crippen molar-refractivity contribution in [3.05, 3.63) is 58.7 Å². The summed E-state index contributed by atoms with van der Waals surface area (Å²) in [5.41, 5.74) is 2.03. The maximum absolute atomic E-state index is 12.4. The first-order valence-electron chi connectivity index (χ1n) is 7.60. The average Bonchev–Trinajstić information content (AvgIpc) is 3.32. The first-order chi connectivity index (χ1) is 10.3. The van der Waals surface area contributed by atoms with Crippen molar-refractivity contribution >= 4 is 16.5 Å². The Bertz CT molecular complexity index is 798. The lowest BCUT2D eigenvalue weighted by Crippen LogP contribution is -2.22. The van der Waals surface area contributed by atoms with Gasteiger partial charge in [0.05, 0.1) is 10.9 Å². The van der Waals surface area contributed by atoms with Gasteiger partial charge in [0.2, 0.25) is 0 Å². The topological polar surface area (TPSA) is 34.9 Å². The van der Waals surface area contributed by atoms with Crippen molar-refractivity contribution < 1.29 is 0 Å². The maximum atomic E-state index is 12.4. The Morgan fingerprint density at radius 3 is 2.81 bits per heavy atom. The van der Waals surface area contributed by atoms with Gasteiger partial charge in [-0.25, -0.2) is 4.98 Å². The molecule has 21 heavy (non-hydrogen) atoms. The monoisotopic (exact) mass is 280 g/mol. The molecule has 3 heteroatoms. The van der Waals surface area contributed by atoms with Gasteiger partial charge in [0.25, 0.3) is 5.56 Å². The highest BCUT2D eigenvalue weighted by Crippen LogP contribution is 2.50. The normalized spacial score (nSPS) is 22.1. The van der Waals surface area contributed by atoms with Crippen LogP contribution in [0.15, 0.2) is 47.3 Å². The molecule has 3 nitrogen and oxygen atoms in total. The molecule has 1 saturated carbocycles. The molecule has 4 rings (SSSR count). The Morgan fingerprint density at radius 1 is 1.24 bits per heavy atom. The van der Waals surface area contributed by atoms with Gasteiger partial charge in [-0.05, 0) is 36.0 Å². The Kier molecular flexibility index (Phi) is 3.50.